The number of H-pyrrole nitrogens is 1. The van der Waals surface area contributed by atoms with Gasteiger partial charge < -0.3 is 14.5 Å². The first kappa shape index (κ1) is 17.2. The average Bonchev–Trinajstić information content (AvgIpc) is 2.55. The minimum absolute atomic E-state index is 0.0927. The van der Waals surface area contributed by atoms with Crippen LogP contribution in [0.5, 0.6) is 5.75 Å². The molecule has 1 aliphatic rings. The predicted molar refractivity (Wildman–Crippen MR) is 74.2 cm³/mol. The third-order valence-electron chi connectivity index (χ3n) is 2.98. The van der Waals surface area contributed by atoms with E-state index in [-0.39, 0.29) is 18.0 Å². The van der Waals surface area contributed by atoms with E-state index in [4.69, 9.17) is 9.47 Å². The highest BCUT2D eigenvalue weighted by Gasteiger charge is 2.45. The monoisotopic (exact) mass is 334 g/mol. The van der Waals surface area contributed by atoms with Crippen molar-refractivity contribution in [2.24, 2.45) is 0 Å². The Hall–Kier alpha value is -2.19. The number of fused-ring (bicyclic) bond motifs is 1. The van der Waals surface area contributed by atoms with Crippen LogP contribution in [0.25, 0.3) is 0 Å². The number of rotatable bonds is 0. The second kappa shape index (κ2) is 5.78. The van der Waals surface area contributed by atoms with Crippen molar-refractivity contribution in [3.05, 3.63) is 28.2 Å². The van der Waals surface area contributed by atoms with E-state index in [0.717, 1.165) is 17.0 Å². The van der Waals surface area contributed by atoms with Crippen LogP contribution in [0.1, 0.15) is 26.5 Å². The van der Waals surface area contributed by atoms with Gasteiger partial charge in [0.1, 0.15) is 11.4 Å². The zero-order valence-electron chi connectivity index (χ0n) is 12.9. The van der Waals surface area contributed by atoms with E-state index in [2.05, 4.69) is 4.98 Å². The van der Waals surface area contributed by atoms with Gasteiger partial charge in [-0.2, -0.15) is 13.2 Å². The maximum absolute atomic E-state index is 13.1. The van der Waals surface area contributed by atoms with Gasteiger partial charge in [0, 0.05) is 6.07 Å². The fraction of sp³-hybridized carbons (Fsp3) is 0.571. The smallest absolute Gasteiger partial charge is 0.427 e. The van der Waals surface area contributed by atoms with Gasteiger partial charge in [0.15, 0.2) is 0 Å². The molecule has 0 aliphatic carbocycles. The van der Waals surface area contributed by atoms with Gasteiger partial charge in [-0.05, 0) is 26.8 Å². The van der Waals surface area contributed by atoms with Gasteiger partial charge in [0.2, 0.25) is 11.7 Å². The Kier molecular flexibility index (Phi) is 4.32. The van der Waals surface area contributed by atoms with Crippen LogP contribution < -0.4 is 10.3 Å². The van der Waals surface area contributed by atoms with Crippen molar-refractivity contribution in [2.75, 3.05) is 6.54 Å². The molecule has 2 rings (SSSR count). The number of aromatic amines is 1. The fourth-order valence-electron chi connectivity index (χ4n) is 2.01. The Morgan fingerprint density at radius 2 is 2.00 bits per heavy atom. The van der Waals surface area contributed by atoms with E-state index in [1.54, 1.807) is 20.8 Å². The number of amides is 1. The Balaban J connectivity index is 2.36. The largest absolute Gasteiger partial charge is 0.477 e. The summed E-state index contributed by atoms with van der Waals surface area (Å²) in [6, 6.07) is 2.22. The zero-order chi connectivity index (χ0) is 17.4. The van der Waals surface area contributed by atoms with Crippen molar-refractivity contribution in [2.45, 2.75) is 45.2 Å². The number of hydrogen-bond donors (Lipinski definition) is 1. The molecule has 0 fully saturated rings. The van der Waals surface area contributed by atoms with Crippen LogP contribution in [0, 0.1) is 0 Å². The number of nitrogens with zero attached hydrogens (tertiary/aromatic N) is 1. The number of halogens is 3. The third kappa shape index (κ3) is 4.40. The highest BCUT2D eigenvalue weighted by molar-refractivity contribution is 5.68. The quantitative estimate of drug-likeness (QED) is 0.791. The minimum atomic E-state index is -4.67. The number of nitrogens with one attached hydrogen (secondary N) is 1. The molecular weight excluding hydrogens is 317 g/mol. The summed E-state index contributed by atoms with van der Waals surface area (Å²) in [6.07, 6.45) is -7.78. The van der Waals surface area contributed by atoms with Crippen LogP contribution in [0.2, 0.25) is 0 Å². The summed E-state index contributed by atoms with van der Waals surface area (Å²) in [5.41, 5.74) is -1.26. The number of carbonyl (C=O) groups is 1. The first-order valence-corrected chi connectivity index (χ1v) is 6.89. The van der Waals surface area contributed by atoms with E-state index in [0.29, 0.717) is 0 Å². The molecule has 23 heavy (non-hydrogen) atoms. The summed E-state index contributed by atoms with van der Waals surface area (Å²) < 4.78 is 49.3. The first-order valence-electron chi connectivity index (χ1n) is 6.89. The molecule has 128 valence electrons. The maximum atomic E-state index is 13.1. The van der Waals surface area contributed by atoms with E-state index < -0.39 is 36.1 Å². The highest BCUT2D eigenvalue weighted by atomic mass is 19.4. The van der Waals surface area contributed by atoms with Crippen molar-refractivity contribution in [1.82, 2.24) is 9.88 Å². The molecule has 0 aromatic carbocycles. The van der Waals surface area contributed by atoms with E-state index >= 15 is 0 Å². The number of aromatic nitrogens is 1. The van der Waals surface area contributed by atoms with Crippen LogP contribution >= 0.6 is 0 Å². The van der Waals surface area contributed by atoms with Gasteiger partial charge in [0.05, 0.1) is 18.8 Å². The normalized spacial score (nSPS) is 18.7. The third-order valence-corrected chi connectivity index (χ3v) is 2.98. The van der Waals surface area contributed by atoms with E-state index in [1.807, 2.05) is 0 Å². The number of alkyl halides is 3. The van der Waals surface area contributed by atoms with Crippen LogP contribution in [-0.2, 0) is 11.3 Å². The lowest BCUT2D eigenvalue weighted by atomic mass is 10.2. The average molecular weight is 334 g/mol. The van der Waals surface area contributed by atoms with Gasteiger partial charge in [-0.25, -0.2) is 4.79 Å². The standard InChI is InChI=1S/C14H17F3N2O4/c1-13(2,3)23-12(21)19-6-8-9(4-5-11(20)18-8)22-10(7-19)14(15,16)17/h4-5,10H,6-7H2,1-3H3,(H,18,20)/t10-/m0/s1. The second-order valence-corrected chi connectivity index (χ2v) is 6.17. The van der Waals surface area contributed by atoms with Crippen molar-refractivity contribution in [1.29, 1.82) is 0 Å². The van der Waals surface area contributed by atoms with E-state index in [9.17, 15) is 22.8 Å². The van der Waals surface area contributed by atoms with E-state index in [1.165, 1.54) is 0 Å². The number of pyridine rings is 1. The van der Waals surface area contributed by atoms with Crippen LogP contribution in [0.4, 0.5) is 18.0 Å². The number of ether oxygens (including phenoxy) is 2. The molecule has 0 saturated heterocycles. The maximum Gasteiger partial charge on any atom is 0.427 e. The molecule has 1 amide bonds. The Labute approximate surface area is 130 Å². The van der Waals surface area contributed by atoms with Gasteiger partial charge >= 0.3 is 12.3 Å². The van der Waals surface area contributed by atoms with Gasteiger partial charge in [-0.15, -0.1) is 0 Å². The summed E-state index contributed by atoms with van der Waals surface area (Å²) in [4.78, 5) is 26.7. The molecule has 1 N–H and O–H groups in total. The van der Waals surface area contributed by atoms with Gasteiger partial charge in [0.25, 0.3) is 0 Å². The van der Waals surface area contributed by atoms with Crippen molar-refractivity contribution in [3.8, 4) is 5.75 Å². The van der Waals surface area contributed by atoms with Crippen LogP contribution in [-0.4, -0.2) is 40.4 Å². The molecule has 1 aliphatic heterocycles. The molecule has 2 heterocycles. The SMILES string of the molecule is CC(C)(C)OC(=O)N1Cc2[nH]c(=O)ccc2O[C@H](C(F)(F)F)C1. The molecule has 1 atom stereocenters. The molecule has 6 nitrogen and oxygen atoms in total. The highest BCUT2D eigenvalue weighted by Crippen LogP contribution is 2.31. The lowest BCUT2D eigenvalue weighted by molar-refractivity contribution is -0.197. The summed E-state index contributed by atoms with van der Waals surface area (Å²) in [7, 11) is 0. The lowest BCUT2D eigenvalue weighted by Crippen LogP contribution is -2.46. The number of carbonyl (C=O) groups excluding carboxylic acids is 1. The molecule has 1 aromatic heterocycles. The fourth-order valence-corrected chi connectivity index (χ4v) is 2.01. The van der Waals surface area contributed by atoms with Crippen molar-refractivity contribution < 1.29 is 27.4 Å². The van der Waals surface area contributed by atoms with Crippen LogP contribution in [0.15, 0.2) is 16.9 Å². The topological polar surface area (TPSA) is 71.6 Å². The van der Waals surface area contributed by atoms with Crippen LogP contribution in [0.3, 0.4) is 0 Å². The number of hydrogen-bond acceptors (Lipinski definition) is 4. The summed E-state index contributed by atoms with van der Waals surface area (Å²) in [5, 5.41) is 0. The Morgan fingerprint density at radius 1 is 1.35 bits per heavy atom. The molecule has 0 radical (unpaired) electrons. The Bertz CT molecular complexity index is 649. The van der Waals surface area contributed by atoms with Crippen molar-refractivity contribution >= 4 is 6.09 Å². The predicted octanol–water partition coefficient (Wildman–Crippen LogP) is 2.44. The molecule has 0 unspecified atom stereocenters. The Morgan fingerprint density at radius 3 is 2.57 bits per heavy atom. The lowest BCUT2D eigenvalue weighted by Gasteiger charge is -2.28. The summed E-state index contributed by atoms with van der Waals surface area (Å²) in [5.74, 6) is -0.113. The van der Waals surface area contributed by atoms with Gasteiger partial charge in [-0.3, -0.25) is 9.69 Å². The first-order chi connectivity index (χ1) is 10.5. The molecule has 0 spiro atoms. The molecule has 0 bridgehead atoms. The van der Waals surface area contributed by atoms with Crippen molar-refractivity contribution in [3.63, 3.8) is 0 Å². The molecule has 9 heteroatoms. The molecule has 0 saturated carbocycles. The molecular formula is C14H17F3N2O4. The summed E-state index contributed by atoms with van der Waals surface area (Å²) in [6.45, 7) is 3.85. The molecule has 1 aromatic rings. The summed E-state index contributed by atoms with van der Waals surface area (Å²) >= 11 is 0. The van der Waals surface area contributed by atoms with Gasteiger partial charge in [-0.1, -0.05) is 0 Å². The zero-order valence-corrected chi connectivity index (χ0v) is 12.9. The minimum Gasteiger partial charge on any atom is -0.477 e. The second-order valence-electron chi connectivity index (χ2n) is 6.17.